The van der Waals surface area contributed by atoms with Gasteiger partial charge in [-0.05, 0) is 51.3 Å². The van der Waals surface area contributed by atoms with Crippen LogP contribution in [0.1, 0.15) is 51.7 Å². The van der Waals surface area contributed by atoms with Crippen molar-refractivity contribution >= 4 is 12.0 Å². The van der Waals surface area contributed by atoms with E-state index in [1.165, 1.54) is 0 Å². The normalized spacial score (nSPS) is 18.4. The van der Waals surface area contributed by atoms with E-state index >= 15 is 0 Å². The lowest BCUT2D eigenvalue weighted by Crippen LogP contribution is -2.37. The van der Waals surface area contributed by atoms with Gasteiger partial charge < -0.3 is 25.2 Å². The first-order chi connectivity index (χ1) is 12.7. The van der Waals surface area contributed by atoms with Crippen LogP contribution in [0, 0.1) is 5.92 Å². The number of hydrogen-bond acceptors (Lipinski definition) is 5. The van der Waals surface area contributed by atoms with Gasteiger partial charge in [0.2, 0.25) is 5.91 Å². The minimum absolute atomic E-state index is 0.0939. The van der Waals surface area contributed by atoms with Crippen molar-refractivity contribution in [3.05, 3.63) is 29.8 Å². The number of carbonyl (C=O) groups is 2. The first kappa shape index (κ1) is 21.0. The number of aliphatic hydroxyl groups excluding tert-OH is 1. The quantitative estimate of drug-likeness (QED) is 0.677. The number of piperidine rings is 1. The smallest absolute Gasteiger partial charge is 0.407 e. The Labute approximate surface area is 160 Å². The van der Waals surface area contributed by atoms with Crippen LogP contribution in [0.5, 0.6) is 5.75 Å². The van der Waals surface area contributed by atoms with Gasteiger partial charge in [-0.15, -0.1) is 0 Å². The number of hydrogen-bond donors (Lipinski definition) is 3. The third-order valence-corrected chi connectivity index (χ3v) is 4.18. The molecule has 150 valence electrons. The van der Waals surface area contributed by atoms with Gasteiger partial charge in [-0.25, -0.2) is 4.79 Å². The number of rotatable bonds is 7. The maximum atomic E-state index is 11.6. The zero-order valence-corrected chi connectivity index (χ0v) is 16.3. The number of amides is 2. The monoisotopic (exact) mass is 378 g/mol. The molecule has 2 amide bonds. The van der Waals surface area contributed by atoms with E-state index in [4.69, 9.17) is 9.47 Å². The molecule has 0 bridgehead atoms. The van der Waals surface area contributed by atoms with Crippen molar-refractivity contribution in [1.29, 1.82) is 0 Å². The summed E-state index contributed by atoms with van der Waals surface area (Å²) in [6, 6.07) is 7.31. The molecule has 0 spiro atoms. The van der Waals surface area contributed by atoms with Crippen molar-refractivity contribution < 1.29 is 24.2 Å². The van der Waals surface area contributed by atoms with E-state index in [0.717, 1.165) is 12.0 Å². The minimum atomic E-state index is -0.711. The van der Waals surface area contributed by atoms with E-state index in [-0.39, 0.29) is 5.91 Å². The maximum Gasteiger partial charge on any atom is 0.407 e. The van der Waals surface area contributed by atoms with Crippen molar-refractivity contribution in [2.75, 3.05) is 19.7 Å². The molecule has 1 aromatic carbocycles. The Morgan fingerprint density at radius 1 is 1.41 bits per heavy atom. The summed E-state index contributed by atoms with van der Waals surface area (Å²) in [5.74, 6) is 1.08. The molecule has 0 aliphatic carbocycles. The van der Waals surface area contributed by atoms with Crippen LogP contribution in [-0.4, -0.2) is 42.4 Å². The molecule has 7 heteroatoms. The van der Waals surface area contributed by atoms with E-state index < -0.39 is 17.8 Å². The summed E-state index contributed by atoms with van der Waals surface area (Å²) in [5, 5.41) is 15.8. The number of ether oxygens (including phenoxy) is 2. The second-order valence-corrected chi connectivity index (χ2v) is 7.83. The van der Waals surface area contributed by atoms with Crippen LogP contribution in [0.4, 0.5) is 4.79 Å². The lowest BCUT2D eigenvalue weighted by atomic mass is 10.0. The van der Waals surface area contributed by atoms with E-state index in [9.17, 15) is 14.7 Å². The molecule has 27 heavy (non-hydrogen) atoms. The summed E-state index contributed by atoms with van der Waals surface area (Å²) in [6.07, 6.45) is 0.531. The molecule has 2 rings (SSSR count). The summed E-state index contributed by atoms with van der Waals surface area (Å²) in [7, 11) is 0. The number of alkyl carbamates (subject to hydrolysis) is 1. The molecule has 1 heterocycles. The summed E-state index contributed by atoms with van der Waals surface area (Å²) in [6.45, 7) is 6.87. The molecule has 1 aromatic rings. The summed E-state index contributed by atoms with van der Waals surface area (Å²) >= 11 is 0. The molecule has 0 radical (unpaired) electrons. The number of benzene rings is 1. The van der Waals surface area contributed by atoms with Crippen LogP contribution < -0.4 is 15.4 Å². The minimum Gasteiger partial charge on any atom is -0.493 e. The van der Waals surface area contributed by atoms with E-state index in [1.54, 1.807) is 26.8 Å². The Balaban J connectivity index is 1.76. The molecule has 0 saturated carbocycles. The Hall–Kier alpha value is -2.28. The fraction of sp³-hybridized carbons (Fsp3) is 0.600. The van der Waals surface area contributed by atoms with Crippen LogP contribution >= 0.6 is 0 Å². The molecule has 2 atom stereocenters. The fourth-order valence-corrected chi connectivity index (χ4v) is 2.74. The van der Waals surface area contributed by atoms with Crippen LogP contribution in [0.3, 0.4) is 0 Å². The standard InChI is InChI=1S/C20H30N2O5/c1-20(2,3)27-19(25)21-10-9-17(23)15-5-4-6-16(11-15)26-13-14-7-8-18(24)22-12-14/h4-6,11,14,17,23H,7-10,12-13H2,1-3H3,(H,21,25)(H,22,24)/t14?,17-/m1/s1. The number of nitrogens with one attached hydrogen (secondary N) is 2. The summed E-state index contributed by atoms with van der Waals surface area (Å²) < 4.78 is 11.0. The highest BCUT2D eigenvalue weighted by Gasteiger charge is 2.19. The van der Waals surface area contributed by atoms with Crippen molar-refractivity contribution in [1.82, 2.24) is 10.6 Å². The van der Waals surface area contributed by atoms with Crippen LogP contribution in [0.2, 0.25) is 0 Å². The van der Waals surface area contributed by atoms with E-state index in [0.29, 0.717) is 44.2 Å². The van der Waals surface area contributed by atoms with Gasteiger partial charge in [-0.3, -0.25) is 4.79 Å². The van der Waals surface area contributed by atoms with Crippen molar-refractivity contribution in [3.63, 3.8) is 0 Å². The Morgan fingerprint density at radius 2 is 2.19 bits per heavy atom. The first-order valence-corrected chi connectivity index (χ1v) is 9.37. The first-order valence-electron chi connectivity index (χ1n) is 9.37. The molecular weight excluding hydrogens is 348 g/mol. The predicted octanol–water partition coefficient (Wildman–Crippen LogP) is 2.54. The van der Waals surface area contributed by atoms with E-state index in [2.05, 4.69) is 10.6 Å². The maximum absolute atomic E-state index is 11.6. The molecule has 1 fully saturated rings. The lowest BCUT2D eigenvalue weighted by Gasteiger charge is -2.22. The molecule has 1 saturated heterocycles. The lowest BCUT2D eigenvalue weighted by molar-refractivity contribution is -0.123. The van der Waals surface area contributed by atoms with Crippen molar-refractivity contribution in [3.8, 4) is 5.75 Å². The largest absolute Gasteiger partial charge is 0.493 e. The Morgan fingerprint density at radius 3 is 2.85 bits per heavy atom. The molecule has 3 N–H and O–H groups in total. The molecule has 7 nitrogen and oxygen atoms in total. The van der Waals surface area contributed by atoms with Gasteiger partial charge in [0.15, 0.2) is 0 Å². The SMILES string of the molecule is CC(C)(C)OC(=O)NCC[C@@H](O)c1cccc(OCC2CCC(=O)NC2)c1. The Bertz CT molecular complexity index is 632. The van der Waals surface area contributed by atoms with Gasteiger partial charge in [0.1, 0.15) is 11.4 Å². The van der Waals surface area contributed by atoms with Gasteiger partial charge in [0.25, 0.3) is 0 Å². The van der Waals surface area contributed by atoms with Gasteiger partial charge in [0, 0.05) is 25.4 Å². The van der Waals surface area contributed by atoms with Crippen molar-refractivity contribution in [2.24, 2.45) is 5.92 Å². The summed E-state index contributed by atoms with van der Waals surface area (Å²) in [5.41, 5.74) is 0.186. The zero-order chi connectivity index (χ0) is 19.9. The van der Waals surface area contributed by atoms with Gasteiger partial charge in [-0.1, -0.05) is 12.1 Å². The highest BCUT2D eigenvalue weighted by Crippen LogP contribution is 2.22. The van der Waals surface area contributed by atoms with Gasteiger partial charge in [0.05, 0.1) is 12.7 Å². The number of carbonyl (C=O) groups excluding carboxylic acids is 2. The second kappa shape index (κ2) is 9.60. The van der Waals surface area contributed by atoms with Crippen LogP contribution in [-0.2, 0) is 9.53 Å². The zero-order valence-electron chi connectivity index (χ0n) is 16.3. The van der Waals surface area contributed by atoms with E-state index in [1.807, 2.05) is 18.2 Å². The number of aliphatic hydroxyl groups is 1. The molecule has 0 aromatic heterocycles. The highest BCUT2D eigenvalue weighted by molar-refractivity contribution is 5.76. The van der Waals surface area contributed by atoms with Crippen LogP contribution in [0.25, 0.3) is 0 Å². The molecule has 1 aliphatic heterocycles. The topological polar surface area (TPSA) is 96.9 Å². The van der Waals surface area contributed by atoms with Gasteiger partial charge in [-0.2, -0.15) is 0 Å². The average Bonchev–Trinajstić information content (AvgIpc) is 2.60. The van der Waals surface area contributed by atoms with Crippen LogP contribution in [0.15, 0.2) is 24.3 Å². The third-order valence-electron chi connectivity index (χ3n) is 4.18. The molecule has 1 unspecified atom stereocenters. The predicted molar refractivity (Wildman–Crippen MR) is 101 cm³/mol. The van der Waals surface area contributed by atoms with Gasteiger partial charge >= 0.3 is 6.09 Å². The van der Waals surface area contributed by atoms with Crippen molar-refractivity contribution in [2.45, 2.75) is 51.7 Å². The summed E-state index contributed by atoms with van der Waals surface area (Å²) in [4.78, 5) is 22.8. The average molecular weight is 378 g/mol. The molecular formula is C20H30N2O5. The Kier molecular flexibility index (Phi) is 7.47. The highest BCUT2D eigenvalue weighted by atomic mass is 16.6. The second-order valence-electron chi connectivity index (χ2n) is 7.83. The fourth-order valence-electron chi connectivity index (χ4n) is 2.74. The molecule has 1 aliphatic rings. The third kappa shape index (κ3) is 7.86.